The van der Waals surface area contributed by atoms with Crippen molar-refractivity contribution in [1.29, 1.82) is 0 Å². The lowest BCUT2D eigenvalue weighted by molar-refractivity contribution is -0.374. The monoisotopic (exact) mass is 570 g/mol. The van der Waals surface area contributed by atoms with E-state index in [1.165, 1.54) is 0 Å². The highest BCUT2D eigenvalue weighted by Gasteiger charge is 2.71. The van der Waals surface area contributed by atoms with Crippen LogP contribution in [0.2, 0.25) is 0 Å². The minimum absolute atomic E-state index is 0.00631. The second-order valence-corrected chi connectivity index (χ2v) is 13.1. The average molecular weight is 571 g/mol. The highest BCUT2D eigenvalue weighted by atomic mass is 19.4. The Labute approximate surface area is 227 Å². The van der Waals surface area contributed by atoms with Gasteiger partial charge in [-0.3, -0.25) is 0 Å². The van der Waals surface area contributed by atoms with Crippen molar-refractivity contribution >= 4 is 0 Å². The predicted octanol–water partition coefficient (Wildman–Crippen LogP) is 6.76. The summed E-state index contributed by atoms with van der Waals surface area (Å²) in [5, 5.41) is 40.2. The molecule has 3 rings (SSSR count). The van der Waals surface area contributed by atoms with Gasteiger partial charge in [0, 0.05) is 0 Å². The van der Waals surface area contributed by atoms with Gasteiger partial charge in [-0.15, -0.1) is 0 Å². The molecule has 3 unspecified atom stereocenters. The molecule has 0 heterocycles. The molecule has 0 radical (unpaired) electrons. The van der Waals surface area contributed by atoms with Gasteiger partial charge < -0.3 is 20.4 Å². The van der Waals surface area contributed by atoms with Crippen LogP contribution in [0.3, 0.4) is 0 Å². The third-order valence-electron chi connectivity index (χ3n) is 9.54. The number of allylic oxidation sites excluding steroid dienone is 3. The maximum atomic E-state index is 13.7. The molecule has 0 aromatic carbocycles. The lowest BCUT2D eigenvalue weighted by Gasteiger charge is -2.46. The molecule has 10 heteroatoms. The van der Waals surface area contributed by atoms with Gasteiger partial charge in [0.2, 0.25) is 0 Å². The molecule has 3 aliphatic carbocycles. The highest BCUT2D eigenvalue weighted by Crippen LogP contribution is 2.62. The Morgan fingerprint density at radius 1 is 0.949 bits per heavy atom. The standard InChI is InChI=1S/C29H44F6O4/c1-25(2,38)12-4-7-20(17-27(39,28(30,31)32)29(33,34)35)24-11-10-23-19(6-5-13-26(23,24)3)9-8-18-14-21(36)16-22(37)15-18/h8-9,20-24,36-39H,4-7,10-17H2,1-3H3/b19-9+/t20?,21-,22-,23?,24?,26+/m1/s1. The van der Waals surface area contributed by atoms with Crippen molar-refractivity contribution < 1.29 is 46.8 Å². The Hall–Kier alpha value is -1.10. The van der Waals surface area contributed by atoms with Gasteiger partial charge in [0.15, 0.2) is 0 Å². The van der Waals surface area contributed by atoms with Crippen LogP contribution >= 0.6 is 0 Å². The molecule has 6 atom stereocenters. The second kappa shape index (κ2) is 11.6. The minimum Gasteiger partial charge on any atom is -0.393 e. The van der Waals surface area contributed by atoms with Crippen molar-refractivity contribution in [2.75, 3.05) is 0 Å². The highest BCUT2D eigenvalue weighted by molar-refractivity contribution is 5.26. The van der Waals surface area contributed by atoms with Crippen molar-refractivity contribution in [3.63, 3.8) is 0 Å². The Kier molecular flexibility index (Phi) is 9.68. The number of aliphatic hydroxyl groups excluding tert-OH is 2. The van der Waals surface area contributed by atoms with Gasteiger partial charge in [0.25, 0.3) is 5.60 Å². The largest absolute Gasteiger partial charge is 0.426 e. The number of rotatable bonds is 8. The van der Waals surface area contributed by atoms with E-state index < -0.39 is 59.4 Å². The van der Waals surface area contributed by atoms with Crippen LogP contribution in [0.25, 0.3) is 0 Å². The van der Waals surface area contributed by atoms with E-state index in [9.17, 15) is 46.8 Å². The Morgan fingerprint density at radius 2 is 1.54 bits per heavy atom. The van der Waals surface area contributed by atoms with Crippen LogP contribution in [0.15, 0.2) is 23.3 Å². The quantitative estimate of drug-likeness (QED) is 0.243. The fourth-order valence-electron chi connectivity index (χ4n) is 7.60. The fourth-order valence-corrected chi connectivity index (χ4v) is 7.60. The molecule has 0 saturated heterocycles. The molecular weight excluding hydrogens is 526 g/mol. The molecule has 226 valence electrons. The topological polar surface area (TPSA) is 80.9 Å². The third kappa shape index (κ3) is 7.41. The van der Waals surface area contributed by atoms with Crippen LogP contribution in [0.4, 0.5) is 26.3 Å². The summed E-state index contributed by atoms with van der Waals surface area (Å²) in [5.74, 6) is -1.49. The van der Waals surface area contributed by atoms with Gasteiger partial charge in [-0.1, -0.05) is 36.6 Å². The van der Waals surface area contributed by atoms with E-state index in [-0.39, 0.29) is 25.2 Å². The van der Waals surface area contributed by atoms with Gasteiger partial charge in [-0.25, -0.2) is 0 Å². The van der Waals surface area contributed by atoms with E-state index in [0.29, 0.717) is 38.5 Å². The lowest BCUT2D eigenvalue weighted by Crippen LogP contribution is -2.58. The van der Waals surface area contributed by atoms with Crippen molar-refractivity contribution in [3.05, 3.63) is 23.3 Å². The van der Waals surface area contributed by atoms with Crippen LogP contribution in [0.5, 0.6) is 0 Å². The second-order valence-electron chi connectivity index (χ2n) is 13.1. The number of alkyl halides is 6. The van der Waals surface area contributed by atoms with Crippen LogP contribution in [0, 0.1) is 23.2 Å². The third-order valence-corrected chi connectivity index (χ3v) is 9.54. The molecule has 0 aromatic heterocycles. The lowest BCUT2D eigenvalue weighted by atomic mass is 9.59. The molecule has 3 fully saturated rings. The first-order valence-corrected chi connectivity index (χ1v) is 14.1. The molecule has 0 bridgehead atoms. The maximum Gasteiger partial charge on any atom is 0.426 e. The molecule has 4 nitrogen and oxygen atoms in total. The van der Waals surface area contributed by atoms with Gasteiger partial charge in [-0.05, 0) is 108 Å². The smallest absolute Gasteiger partial charge is 0.393 e. The summed E-state index contributed by atoms with van der Waals surface area (Å²) in [5.41, 5.74) is -4.41. The molecule has 0 spiro atoms. The Balaban J connectivity index is 1.90. The molecule has 0 aliphatic heterocycles. The summed E-state index contributed by atoms with van der Waals surface area (Å²) in [6, 6.07) is 0. The molecule has 0 amide bonds. The molecule has 4 N–H and O–H groups in total. The van der Waals surface area contributed by atoms with E-state index in [2.05, 4.69) is 0 Å². The summed E-state index contributed by atoms with van der Waals surface area (Å²) in [6.07, 6.45) is -5.44. The van der Waals surface area contributed by atoms with Crippen LogP contribution in [0.1, 0.15) is 97.8 Å². The first-order chi connectivity index (χ1) is 17.8. The maximum absolute atomic E-state index is 13.7. The van der Waals surface area contributed by atoms with E-state index in [0.717, 1.165) is 24.0 Å². The summed E-state index contributed by atoms with van der Waals surface area (Å²) in [4.78, 5) is 0. The average Bonchev–Trinajstić information content (AvgIpc) is 3.11. The van der Waals surface area contributed by atoms with Gasteiger partial charge in [0.05, 0.1) is 17.8 Å². The van der Waals surface area contributed by atoms with E-state index in [1.807, 2.05) is 19.1 Å². The van der Waals surface area contributed by atoms with E-state index in [4.69, 9.17) is 0 Å². The van der Waals surface area contributed by atoms with Crippen LogP contribution in [-0.2, 0) is 0 Å². The predicted molar refractivity (Wildman–Crippen MR) is 136 cm³/mol. The zero-order valence-corrected chi connectivity index (χ0v) is 23.1. The van der Waals surface area contributed by atoms with Crippen molar-refractivity contribution in [3.8, 4) is 0 Å². The summed E-state index contributed by atoms with van der Waals surface area (Å²) >= 11 is 0. The van der Waals surface area contributed by atoms with E-state index in [1.54, 1.807) is 13.8 Å². The summed E-state index contributed by atoms with van der Waals surface area (Å²) in [6.45, 7) is 5.06. The molecular formula is C29H44F6O4. The van der Waals surface area contributed by atoms with Gasteiger partial charge in [-0.2, -0.15) is 26.3 Å². The van der Waals surface area contributed by atoms with Gasteiger partial charge in [0.1, 0.15) is 0 Å². The zero-order chi connectivity index (χ0) is 29.4. The fraction of sp³-hybridized carbons (Fsp3) is 0.862. The Morgan fingerprint density at radius 3 is 2.08 bits per heavy atom. The number of hydrogen-bond acceptors (Lipinski definition) is 4. The SMILES string of the molecule is CC(C)(O)CCCC(CC(O)(C(F)(F)F)C(F)(F)F)C1CCC2/C(=C/C=C3C[C@@H](O)C[C@H](O)C3)CCC[C@@]21C. The molecule has 3 aliphatic rings. The molecule has 39 heavy (non-hydrogen) atoms. The van der Waals surface area contributed by atoms with Crippen LogP contribution in [-0.4, -0.2) is 56.2 Å². The van der Waals surface area contributed by atoms with Crippen molar-refractivity contribution in [2.45, 2.75) is 134 Å². The van der Waals surface area contributed by atoms with Gasteiger partial charge >= 0.3 is 12.4 Å². The first kappa shape index (κ1) is 32.4. The number of aliphatic hydroxyl groups is 4. The zero-order valence-electron chi connectivity index (χ0n) is 23.1. The summed E-state index contributed by atoms with van der Waals surface area (Å²) in [7, 11) is 0. The number of fused-ring (bicyclic) bond motifs is 1. The Bertz CT molecular complexity index is 877. The van der Waals surface area contributed by atoms with Crippen LogP contribution < -0.4 is 0 Å². The van der Waals surface area contributed by atoms with E-state index >= 15 is 0 Å². The summed E-state index contributed by atoms with van der Waals surface area (Å²) < 4.78 is 82.3. The minimum atomic E-state index is -5.86. The number of halogens is 6. The van der Waals surface area contributed by atoms with Crippen molar-refractivity contribution in [1.82, 2.24) is 0 Å². The first-order valence-electron chi connectivity index (χ1n) is 14.1. The normalized spacial score (nSPS) is 32.8. The number of hydrogen-bond donors (Lipinski definition) is 4. The molecule has 3 saturated carbocycles. The molecule has 0 aromatic rings. The van der Waals surface area contributed by atoms with Crippen molar-refractivity contribution in [2.24, 2.45) is 23.2 Å².